The average molecular weight is 333 g/mol. The molecule has 1 saturated heterocycles. The summed E-state index contributed by atoms with van der Waals surface area (Å²) in [7, 11) is 0. The summed E-state index contributed by atoms with van der Waals surface area (Å²) < 4.78 is 0. The third kappa shape index (κ3) is 4.12. The molecule has 1 aromatic heterocycles. The second-order valence-electron chi connectivity index (χ2n) is 7.07. The molecule has 0 aliphatic carbocycles. The van der Waals surface area contributed by atoms with Gasteiger partial charge in [-0.3, -0.25) is 4.90 Å². The molecule has 0 bridgehead atoms. The van der Waals surface area contributed by atoms with Crippen LogP contribution in [0.5, 0.6) is 0 Å². The third-order valence-corrected chi connectivity index (χ3v) is 5.31. The largest absolute Gasteiger partial charge is 0.361 e. The molecule has 1 aliphatic heterocycles. The number of rotatable bonds is 6. The van der Waals surface area contributed by atoms with Crippen LogP contribution in [0.2, 0.25) is 0 Å². The molecule has 1 N–H and O–H groups in total. The van der Waals surface area contributed by atoms with Crippen molar-refractivity contribution in [2.24, 2.45) is 0 Å². The fourth-order valence-electron chi connectivity index (χ4n) is 3.84. The van der Waals surface area contributed by atoms with Gasteiger partial charge in [-0.25, -0.2) is 0 Å². The first-order valence-corrected chi connectivity index (χ1v) is 9.42. The first kappa shape index (κ1) is 16.4. The molecule has 0 radical (unpaired) electrons. The van der Waals surface area contributed by atoms with E-state index in [9.17, 15) is 0 Å². The van der Waals surface area contributed by atoms with E-state index in [1.54, 1.807) is 0 Å². The molecule has 1 aliphatic rings. The monoisotopic (exact) mass is 333 g/mol. The number of nitrogens with one attached hydrogen (secondary N) is 1. The molecule has 0 amide bonds. The van der Waals surface area contributed by atoms with E-state index in [2.05, 4.69) is 75.6 Å². The molecule has 0 spiro atoms. The Kier molecular flexibility index (Phi) is 5.14. The van der Waals surface area contributed by atoms with E-state index in [4.69, 9.17) is 0 Å². The third-order valence-electron chi connectivity index (χ3n) is 5.31. The summed E-state index contributed by atoms with van der Waals surface area (Å²) in [5.74, 6) is 0. The SMILES string of the molecule is c1ccc(CN2CCN(CCCc3c[nH]c4ccccc34)CC2)cc1. The molecule has 4 rings (SSSR count). The number of piperazine rings is 1. The molecule has 3 aromatic rings. The van der Waals surface area contributed by atoms with Crippen LogP contribution >= 0.6 is 0 Å². The Bertz CT molecular complexity index is 785. The summed E-state index contributed by atoms with van der Waals surface area (Å²) in [4.78, 5) is 8.58. The number of H-pyrrole nitrogens is 1. The van der Waals surface area contributed by atoms with Gasteiger partial charge in [0.25, 0.3) is 0 Å². The number of aryl methyl sites for hydroxylation is 1. The van der Waals surface area contributed by atoms with Crippen molar-refractivity contribution in [2.45, 2.75) is 19.4 Å². The van der Waals surface area contributed by atoms with Gasteiger partial charge < -0.3 is 9.88 Å². The van der Waals surface area contributed by atoms with Gasteiger partial charge in [0.05, 0.1) is 0 Å². The van der Waals surface area contributed by atoms with Crippen LogP contribution in [0.25, 0.3) is 10.9 Å². The maximum atomic E-state index is 3.39. The van der Waals surface area contributed by atoms with Crippen molar-refractivity contribution in [1.29, 1.82) is 0 Å². The molecule has 130 valence electrons. The molecule has 0 saturated carbocycles. The van der Waals surface area contributed by atoms with Crippen LogP contribution in [0.15, 0.2) is 60.8 Å². The average Bonchev–Trinajstić information content (AvgIpc) is 3.07. The molecule has 2 aromatic carbocycles. The lowest BCUT2D eigenvalue weighted by Gasteiger charge is -2.34. The number of hydrogen-bond donors (Lipinski definition) is 1. The van der Waals surface area contributed by atoms with Gasteiger partial charge in [-0.1, -0.05) is 48.5 Å². The molecule has 3 heteroatoms. The molecular formula is C22H27N3. The van der Waals surface area contributed by atoms with Crippen LogP contribution in [-0.4, -0.2) is 47.5 Å². The minimum absolute atomic E-state index is 1.09. The number of fused-ring (bicyclic) bond motifs is 1. The molecule has 25 heavy (non-hydrogen) atoms. The van der Waals surface area contributed by atoms with E-state index in [0.29, 0.717) is 0 Å². The summed E-state index contributed by atoms with van der Waals surface area (Å²) in [6, 6.07) is 19.4. The predicted molar refractivity (Wildman–Crippen MR) is 105 cm³/mol. The van der Waals surface area contributed by atoms with Gasteiger partial charge in [-0.2, -0.15) is 0 Å². The zero-order valence-electron chi connectivity index (χ0n) is 14.8. The Morgan fingerprint density at radius 2 is 1.52 bits per heavy atom. The van der Waals surface area contributed by atoms with Crippen LogP contribution in [0.1, 0.15) is 17.5 Å². The fraction of sp³-hybridized carbons (Fsp3) is 0.364. The molecule has 2 heterocycles. The van der Waals surface area contributed by atoms with Crippen molar-refractivity contribution in [3.63, 3.8) is 0 Å². The summed E-state index contributed by atoms with van der Waals surface area (Å²) >= 11 is 0. The van der Waals surface area contributed by atoms with Gasteiger partial charge >= 0.3 is 0 Å². The van der Waals surface area contributed by atoms with E-state index in [1.807, 2.05) is 0 Å². The van der Waals surface area contributed by atoms with Gasteiger partial charge in [0.2, 0.25) is 0 Å². The highest BCUT2D eigenvalue weighted by Crippen LogP contribution is 2.19. The predicted octanol–water partition coefficient (Wildman–Crippen LogP) is 3.92. The van der Waals surface area contributed by atoms with Crippen molar-refractivity contribution in [3.8, 4) is 0 Å². The van der Waals surface area contributed by atoms with Crippen LogP contribution in [-0.2, 0) is 13.0 Å². The van der Waals surface area contributed by atoms with E-state index < -0.39 is 0 Å². The summed E-state index contributed by atoms with van der Waals surface area (Å²) in [5, 5.41) is 1.38. The second kappa shape index (κ2) is 7.85. The lowest BCUT2D eigenvalue weighted by molar-refractivity contribution is 0.126. The van der Waals surface area contributed by atoms with E-state index in [1.165, 1.54) is 61.2 Å². The van der Waals surface area contributed by atoms with E-state index >= 15 is 0 Å². The maximum Gasteiger partial charge on any atom is 0.0456 e. The fourth-order valence-corrected chi connectivity index (χ4v) is 3.84. The number of aromatic amines is 1. The smallest absolute Gasteiger partial charge is 0.0456 e. The molecule has 0 unspecified atom stereocenters. The highest BCUT2D eigenvalue weighted by Gasteiger charge is 2.16. The number of para-hydroxylation sites is 1. The second-order valence-corrected chi connectivity index (χ2v) is 7.07. The Balaban J connectivity index is 1.21. The van der Waals surface area contributed by atoms with Crippen LogP contribution in [0.4, 0.5) is 0 Å². The van der Waals surface area contributed by atoms with Crippen LogP contribution < -0.4 is 0 Å². The number of aromatic nitrogens is 1. The Hall–Kier alpha value is -2.10. The summed E-state index contributed by atoms with van der Waals surface area (Å²) in [6.45, 7) is 7.05. The van der Waals surface area contributed by atoms with Crippen molar-refractivity contribution in [3.05, 3.63) is 71.9 Å². The number of hydrogen-bond acceptors (Lipinski definition) is 2. The Labute approximate surface area is 150 Å². The maximum absolute atomic E-state index is 3.39. The minimum Gasteiger partial charge on any atom is -0.361 e. The highest BCUT2D eigenvalue weighted by molar-refractivity contribution is 5.82. The van der Waals surface area contributed by atoms with Crippen molar-refractivity contribution < 1.29 is 0 Å². The minimum atomic E-state index is 1.09. The Morgan fingerprint density at radius 1 is 0.800 bits per heavy atom. The highest BCUT2D eigenvalue weighted by atomic mass is 15.3. The van der Waals surface area contributed by atoms with Gasteiger partial charge in [0.15, 0.2) is 0 Å². The molecular weight excluding hydrogens is 306 g/mol. The van der Waals surface area contributed by atoms with Crippen LogP contribution in [0.3, 0.4) is 0 Å². The molecule has 1 fully saturated rings. The first-order chi connectivity index (χ1) is 12.4. The van der Waals surface area contributed by atoms with Gasteiger partial charge in [-0.05, 0) is 36.6 Å². The lowest BCUT2D eigenvalue weighted by atomic mass is 10.1. The number of benzene rings is 2. The lowest BCUT2D eigenvalue weighted by Crippen LogP contribution is -2.46. The zero-order valence-corrected chi connectivity index (χ0v) is 14.8. The normalized spacial score (nSPS) is 16.5. The van der Waals surface area contributed by atoms with Crippen LogP contribution in [0, 0.1) is 0 Å². The standard InChI is InChI=1S/C22H27N3/c1-2-7-19(8-3-1)18-25-15-13-24(14-16-25)12-6-9-20-17-23-22-11-5-4-10-21(20)22/h1-5,7-8,10-11,17,23H,6,9,12-16,18H2. The van der Waals surface area contributed by atoms with Crippen molar-refractivity contribution in [2.75, 3.05) is 32.7 Å². The summed E-state index contributed by atoms with van der Waals surface area (Å²) in [6.07, 6.45) is 4.58. The summed E-state index contributed by atoms with van der Waals surface area (Å²) in [5.41, 5.74) is 4.14. The number of nitrogens with zero attached hydrogens (tertiary/aromatic N) is 2. The Morgan fingerprint density at radius 3 is 2.36 bits per heavy atom. The van der Waals surface area contributed by atoms with Crippen molar-refractivity contribution in [1.82, 2.24) is 14.8 Å². The zero-order chi connectivity index (χ0) is 16.9. The molecule has 3 nitrogen and oxygen atoms in total. The van der Waals surface area contributed by atoms with E-state index in [0.717, 1.165) is 13.0 Å². The quantitative estimate of drug-likeness (QED) is 0.739. The first-order valence-electron chi connectivity index (χ1n) is 9.42. The van der Waals surface area contributed by atoms with E-state index in [-0.39, 0.29) is 0 Å². The van der Waals surface area contributed by atoms with Gasteiger partial charge in [0.1, 0.15) is 0 Å². The van der Waals surface area contributed by atoms with Gasteiger partial charge in [0, 0.05) is 49.8 Å². The van der Waals surface area contributed by atoms with Crippen molar-refractivity contribution >= 4 is 10.9 Å². The topological polar surface area (TPSA) is 22.3 Å². The molecule has 0 atom stereocenters. The van der Waals surface area contributed by atoms with Gasteiger partial charge in [-0.15, -0.1) is 0 Å².